The Morgan fingerprint density at radius 2 is 1.54 bits per heavy atom. The normalized spacial score (nSPS) is 11.2. The van der Waals surface area contributed by atoms with Crippen LogP contribution in [-0.4, -0.2) is 49.3 Å². The van der Waals surface area contributed by atoms with Gasteiger partial charge in [-0.3, -0.25) is 10.1 Å². The van der Waals surface area contributed by atoms with Crippen LogP contribution in [-0.2, 0) is 9.53 Å². The molecule has 26 heavy (non-hydrogen) atoms. The number of hydrogen-bond acceptors (Lipinski definition) is 8. The fraction of sp³-hybridized carbons (Fsp3) is 0.294. The Balaban J connectivity index is 2.14. The van der Waals surface area contributed by atoms with Crippen molar-refractivity contribution in [3.8, 4) is 17.2 Å². The van der Waals surface area contributed by atoms with Crippen LogP contribution >= 0.6 is 0 Å². The average Bonchev–Trinajstić information content (AvgIpc) is 2.67. The Kier molecular flexibility index (Phi) is 6.31. The third kappa shape index (κ3) is 4.38. The van der Waals surface area contributed by atoms with Crippen molar-refractivity contribution in [1.82, 2.24) is 9.97 Å². The number of carbonyl (C=O) groups excluding carboxylic acids is 2. The first-order valence-electron chi connectivity index (χ1n) is 7.59. The number of esters is 1. The number of amides is 1. The van der Waals surface area contributed by atoms with Crippen molar-refractivity contribution in [1.29, 1.82) is 0 Å². The topological polar surface area (TPSA) is 109 Å². The summed E-state index contributed by atoms with van der Waals surface area (Å²) in [6.07, 6.45) is 1.88. The van der Waals surface area contributed by atoms with Crippen LogP contribution < -0.4 is 19.5 Å². The molecule has 0 spiro atoms. The molecule has 0 aliphatic carbocycles. The van der Waals surface area contributed by atoms with E-state index in [1.807, 2.05) is 0 Å². The number of anilines is 1. The predicted octanol–water partition coefficient (Wildman–Crippen LogP) is 1.69. The zero-order chi connectivity index (χ0) is 19.1. The van der Waals surface area contributed by atoms with E-state index in [-0.39, 0.29) is 17.3 Å². The van der Waals surface area contributed by atoms with E-state index in [4.69, 9.17) is 18.9 Å². The molecule has 138 valence electrons. The van der Waals surface area contributed by atoms with Crippen LogP contribution in [0.1, 0.15) is 17.3 Å². The molecule has 0 aliphatic rings. The molecule has 0 fully saturated rings. The second-order valence-corrected chi connectivity index (χ2v) is 5.02. The highest BCUT2D eigenvalue weighted by Crippen LogP contribution is 2.35. The number of aromatic nitrogens is 2. The molecule has 1 unspecified atom stereocenters. The van der Waals surface area contributed by atoms with Crippen LogP contribution in [0.25, 0.3) is 0 Å². The second-order valence-electron chi connectivity index (χ2n) is 5.02. The highest BCUT2D eigenvalue weighted by atomic mass is 16.6. The summed E-state index contributed by atoms with van der Waals surface area (Å²) in [5.74, 6) is -0.248. The van der Waals surface area contributed by atoms with Gasteiger partial charge in [0, 0.05) is 24.5 Å². The van der Waals surface area contributed by atoms with E-state index >= 15 is 0 Å². The summed E-state index contributed by atoms with van der Waals surface area (Å²) in [7, 11) is 4.31. The molecule has 2 aromatic rings. The van der Waals surface area contributed by atoms with Crippen LogP contribution in [0.2, 0.25) is 0 Å². The van der Waals surface area contributed by atoms with E-state index in [0.29, 0.717) is 11.5 Å². The van der Waals surface area contributed by atoms with E-state index in [0.717, 1.165) is 0 Å². The van der Waals surface area contributed by atoms with Gasteiger partial charge in [-0.1, -0.05) is 0 Å². The summed E-state index contributed by atoms with van der Waals surface area (Å²) in [5, 5.41) is 2.45. The quantitative estimate of drug-likeness (QED) is 0.742. The molecule has 1 heterocycles. The smallest absolute Gasteiger partial charge is 0.342 e. The Morgan fingerprint density at radius 1 is 0.962 bits per heavy atom. The number of rotatable bonds is 7. The number of nitrogens with one attached hydrogen (secondary N) is 1. The van der Waals surface area contributed by atoms with Gasteiger partial charge >= 0.3 is 5.97 Å². The van der Waals surface area contributed by atoms with E-state index in [9.17, 15) is 9.59 Å². The third-order valence-corrected chi connectivity index (χ3v) is 3.38. The minimum absolute atomic E-state index is 0.0979. The lowest BCUT2D eigenvalue weighted by atomic mass is 10.1. The van der Waals surface area contributed by atoms with Gasteiger partial charge in [0.15, 0.2) is 17.6 Å². The van der Waals surface area contributed by atoms with Gasteiger partial charge in [-0.25, -0.2) is 14.8 Å². The monoisotopic (exact) mass is 361 g/mol. The van der Waals surface area contributed by atoms with Crippen molar-refractivity contribution in [2.45, 2.75) is 13.0 Å². The molecule has 0 saturated carbocycles. The molecule has 0 aliphatic heterocycles. The first-order valence-corrected chi connectivity index (χ1v) is 7.59. The Hall–Kier alpha value is -3.36. The van der Waals surface area contributed by atoms with Gasteiger partial charge in [0.1, 0.15) is 11.3 Å². The largest absolute Gasteiger partial charge is 0.496 e. The third-order valence-electron chi connectivity index (χ3n) is 3.38. The highest BCUT2D eigenvalue weighted by molar-refractivity contribution is 5.98. The highest BCUT2D eigenvalue weighted by Gasteiger charge is 2.24. The molecule has 1 atom stereocenters. The van der Waals surface area contributed by atoms with Gasteiger partial charge in [-0.15, -0.1) is 0 Å². The molecule has 1 aromatic heterocycles. The van der Waals surface area contributed by atoms with Crippen LogP contribution in [0.15, 0.2) is 30.6 Å². The number of nitrogens with zero attached hydrogens (tertiary/aromatic N) is 2. The van der Waals surface area contributed by atoms with Crippen molar-refractivity contribution in [3.63, 3.8) is 0 Å². The molecule has 0 saturated heterocycles. The number of benzene rings is 1. The lowest BCUT2D eigenvalue weighted by Gasteiger charge is -2.16. The van der Waals surface area contributed by atoms with Crippen molar-refractivity contribution >= 4 is 17.8 Å². The SMILES string of the molecule is COc1cc(OC)c(C(=O)OC(C)C(=O)Nc2ncccn2)cc1OC. The lowest BCUT2D eigenvalue weighted by molar-refractivity contribution is -0.123. The van der Waals surface area contributed by atoms with E-state index < -0.39 is 18.0 Å². The second kappa shape index (κ2) is 8.65. The number of methoxy groups -OCH3 is 3. The van der Waals surface area contributed by atoms with Crippen LogP contribution in [0.4, 0.5) is 5.95 Å². The molecular weight excluding hydrogens is 342 g/mol. The fourth-order valence-corrected chi connectivity index (χ4v) is 2.04. The van der Waals surface area contributed by atoms with E-state index in [2.05, 4.69) is 15.3 Å². The van der Waals surface area contributed by atoms with E-state index in [1.165, 1.54) is 52.8 Å². The summed E-state index contributed by atoms with van der Waals surface area (Å²) in [5.41, 5.74) is 0.0979. The molecule has 1 N–H and O–H groups in total. The summed E-state index contributed by atoms with van der Waals surface area (Å²) < 4.78 is 20.7. The first kappa shape index (κ1) is 19.0. The van der Waals surface area contributed by atoms with Gasteiger partial charge < -0.3 is 18.9 Å². The van der Waals surface area contributed by atoms with E-state index in [1.54, 1.807) is 6.07 Å². The van der Waals surface area contributed by atoms with Gasteiger partial charge in [0.05, 0.1) is 21.3 Å². The molecule has 0 bridgehead atoms. The van der Waals surface area contributed by atoms with Crippen LogP contribution in [0.5, 0.6) is 17.2 Å². The summed E-state index contributed by atoms with van der Waals surface area (Å²) >= 11 is 0. The number of carbonyl (C=O) groups is 2. The maximum atomic E-state index is 12.4. The summed E-state index contributed by atoms with van der Waals surface area (Å²) in [6, 6.07) is 4.53. The standard InChI is InChI=1S/C17H19N3O6/c1-10(15(21)20-17-18-6-5-7-19-17)26-16(22)11-8-13(24-3)14(25-4)9-12(11)23-2/h5-10H,1-4H3,(H,18,19,20,21). The van der Waals surface area contributed by atoms with Crippen molar-refractivity contribution in [2.75, 3.05) is 26.6 Å². The van der Waals surface area contributed by atoms with Crippen LogP contribution in [0, 0.1) is 0 Å². The van der Waals surface area contributed by atoms with Gasteiger partial charge in [0.25, 0.3) is 5.91 Å². The van der Waals surface area contributed by atoms with Gasteiger partial charge in [0.2, 0.25) is 5.95 Å². The molecular formula is C17H19N3O6. The Morgan fingerprint density at radius 3 is 2.12 bits per heavy atom. The Bertz CT molecular complexity index is 782. The summed E-state index contributed by atoms with van der Waals surface area (Å²) in [4.78, 5) is 32.3. The minimum Gasteiger partial charge on any atom is -0.496 e. The van der Waals surface area contributed by atoms with Crippen LogP contribution in [0.3, 0.4) is 0 Å². The number of ether oxygens (including phenoxy) is 4. The maximum Gasteiger partial charge on any atom is 0.342 e. The van der Waals surface area contributed by atoms with Gasteiger partial charge in [-0.05, 0) is 13.0 Å². The molecule has 1 amide bonds. The van der Waals surface area contributed by atoms with Crippen molar-refractivity contribution in [3.05, 3.63) is 36.2 Å². The molecule has 0 radical (unpaired) electrons. The molecule has 1 aromatic carbocycles. The molecule has 9 nitrogen and oxygen atoms in total. The summed E-state index contributed by atoms with van der Waals surface area (Å²) in [6.45, 7) is 1.43. The zero-order valence-electron chi connectivity index (χ0n) is 14.8. The fourth-order valence-electron chi connectivity index (χ4n) is 2.04. The number of hydrogen-bond donors (Lipinski definition) is 1. The zero-order valence-corrected chi connectivity index (χ0v) is 14.8. The minimum atomic E-state index is -1.08. The predicted molar refractivity (Wildman–Crippen MR) is 91.6 cm³/mol. The van der Waals surface area contributed by atoms with Crippen molar-refractivity contribution < 1.29 is 28.5 Å². The Labute approximate surface area is 150 Å². The van der Waals surface area contributed by atoms with Crippen molar-refractivity contribution in [2.24, 2.45) is 0 Å². The lowest BCUT2D eigenvalue weighted by Crippen LogP contribution is -2.30. The maximum absolute atomic E-state index is 12.4. The molecule has 9 heteroatoms. The first-order chi connectivity index (χ1) is 12.5. The van der Waals surface area contributed by atoms with Gasteiger partial charge in [-0.2, -0.15) is 0 Å². The molecule has 2 rings (SSSR count). The average molecular weight is 361 g/mol.